The van der Waals surface area contributed by atoms with Crippen LogP contribution >= 0.6 is 23.2 Å². The Morgan fingerprint density at radius 3 is 2.35 bits per heavy atom. The van der Waals surface area contributed by atoms with E-state index in [0.717, 1.165) is 23.2 Å². The summed E-state index contributed by atoms with van der Waals surface area (Å²) in [6, 6.07) is 5.52. The molecule has 0 saturated carbocycles. The lowest BCUT2D eigenvalue weighted by molar-refractivity contribution is -0.125. The van der Waals surface area contributed by atoms with E-state index in [0.29, 0.717) is 5.69 Å². The van der Waals surface area contributed by atoms with E-state index in [2.05, 4.69) is 15.7 Å². The number of Topliss-reactive ketones (excluding diaryl/α,β-unsaturated/α-hetero) is 1. The molecule has 6 N–H and O–H groups in total. The van der Waals surface area contributed by atoms with E-state index in [-0.39, 0.29) is 52.4 Å². The molecule has 16 heteroatoms. The maximum absolute atomic E-state index is 13.9. The molecule has 0 unspecified atom stereocenters. The van der Waals surface area contributed by atoms with Crippen molar-refractivity contribution in [3.8, 4) is 5.75 Å². The summed E-state index contributed by atoms with van der Waals surface area (Å²) in [6.07, 6.45) is 1.02. The van der Waals surface area contributed by atoms with Gasteiger partial charge in [0.1, 0.15) is 18.4 Å². The number of anilines is 2. The molecule has 1 heterocycles. The summed E-state index contributed by atoms with van der Waals surface area (Å²) in [6.45, 7) is 2.11. The Labute approximate surface area is 256 Å². The lowest BCUT2D eigenvalue weighted by atomic mass is 10.1. The van der Waals surface area contributed by atoms with Gasteiger partial charge in [-0.2, -0.15) is 5.10 Å². The van der Waals surface area contributed by atoms with Crippen molar-refractivity contribution in [2.75, 3.05) is 22.9 Å². The lowest BCUT2D eigenvalue weighted by Gasteiger charge is -2.25. The number of ketones is 1. The number of hydrazone groups is 1. The molecule has 0 spiro atoms. The van der Waals surface area contributed by atoms with Gasteiger partial charge in [-0.05, 0) is 31.2 Å². The van der Waals surface area contributed by atoms with Gasteiger partial charge in [-0.15, -0.1) is 0 Å². The third-order valence-electron chi connectivity index (χ3n) is 6.17. The molecule has 3 rings (SSSR count). The highest BCUT2D eigenvalue weighted by molar-refractivity contribution is 6.37. The second-order valence-corrected chi connectivity index (χ2v) is 10.2. The van der Waals surface area contributed by atoms with Crippen molar-refractivity contribution in [2.45, 2.75) is 38.8 Å². The maximum atomic E-state index is 13.9. The van der Waals surface area contributed by atoms with Crippen LogP contribution in [0.1, 0.15) is 37.0 Å². The number of phenolic OH excluding ortho intramolecular Hbond substituents is 1. The van der Waals surface area contributed by atoms with E-state index in [9.17, 15) is 33.9 Å². The number of phenols is 1. The van der Waals surface area contributed by atoms with Crippen LogP contribution in [0, 0.1) is 0 Å². The predicted molar refractivity (Wildman–Crippen MR) is 159 cm³/mol. The van der Waals surface area contributed by atoms with Gasteiger partial charge < -0.3 is 26.4 Å². The Morgan fingerprint density at radius 1 is 1.14 bits per heavy atom. The zero-order valence-corrected chi connectivity index (χ0v) is 24.6. The Kier molecular flexibility index (Phi) is 11.0. The third kappa shape index (κ3) is 8.42. The lowest BCUT2D eigenvalue weighted by Crippen LogP contribution is -2.54. The van der Waals surface area contributed by atoms with Gasteiger partial charge in [0.15, 0.2) is 5.75 Å². The van der Waals surface area contributed by atoms with Gasteiger partial charge in [0.25, 0.3) is 11.8 Å². The van der Waals surface area contributed by atoms with Gasteiger partial charge in [-0.3, -0.25) is 28.9 Å². The fourth-order valence-corrected chi connectivity index (χ4v) is 4.75. The number of urea groups is 1. The van der Waals surface area contributed by atoms with Gasteiger partial charge in [-0.25, -0.2) is 10.2 Å². The van der Waals surface area contributed by atoms with Crippen molar-refractivity contribution < 1.29 is 33.9 Å². The third-order valence-corrected chi connectivity index (χ3v) is 6.74. The number of hydrogen-bond acceptors (Lipinski definition) is 8. The first-order chi connectivity index (χ1) is 20.3. The number of carbonyl (C=O) groups excluding carboxylic acids is 6. The van der Waals surface area contributed by atoms with E-state index < -0.39 is 48.1 Å². The average molecular weight is 634 g/mol. The first kappa shape index (κ1) is 32.8. The first-order valence-electron chi connectivity index (χ1n) is 12.9. The molecule has 0 bridgehead atoms. The first-order valence-corrected chi connectivity index (χ1v) is 13.6. The van der Waals surface area contributed by atoms with Crippen molar-refractivity contribution in [2.24, 2.45) is 10.8 Å². The minimum absolute atomic E-state index is 0.0593. The van der Waals surface area contributed by atoms with Crippen LogP contribution < -0.4 is 31.6 Å². The van der Waals surface area contributed by atoms with Crippen molar-refractivity contribution >= 4 is 76.2 Å². The number of carbonyl (C=O) groups is 6. The van der Waals surface area contributed by atoms with Gasteiger partial charge in [0, 0.05) is 24.6 Å². The summed E-state index contributed by atoms with van der Waals surface area (Å²) >= 11 is 11.9. The summed E-state index contributed by atoms with van der Waals surface area (Å²) in [7, 11) is 0. The topological polar surface area (TPSA) is 204 Å². The van der Waals surface area contributed by atoms with E-state index in [1.54, 1.807) is 31.2 Å². The number of para-hydroxylation sites is 2. The monoisotopic (exact) mass is 633 g/mol. The summed E-state index contributed by atoms with van der Waals surface area (Å²) in [5.74, 6) is -3.26. The molecule has 6 amide bonds. The second-order valence-electron chi connectivity index (χ2n) is 9.42. The van der Waals surface area contributed by atoms with Crippen molar-refractivity contribution in [1.29, 1.82) is 0 Å². The molecule has 0 fully saturated rings. The molecule has 1 aliphatic rings. The molecule has 2 aromatic rings. The quantitative estimate of drug-likeness (QED) is 0.193. The number of aromatic hydroxyl groups is 1. The molecule has 0 radical (unpaired) electrons. The van der Waals surface area contributed by atoms with Gasteiger partial charge >= 0.3 is 6.03 Å². The van der Waals surface area contributed by atoms with Crippen LogP contribution in [-0.2, 0) is 19.2 Å². The minimum atomic E-state index is -1.33. The van der Waals surface area contributed by atoms with Crippen LogP contribution in [0.2, 0.25) is 10.0 Å². The number of nitrogens with two attached hydrogens (primary N) is 1. The number of nitrogens with zero attached hydrogens (tertiary/aromatic N) is 3. The molecule has 0 saturated heterocycles. The number of nitrogens with one attached hydrogen (secondary N) is 3. The molecule has 0 aromatic heterocycles. The van der Waals surface area contributed by atoms with E-state index in [1.807, 2.05) is 5.43 Å². The van der Waals surface area contributed by atoms with Crippen LogP contribution in [-0.4, -0.2) is 71.9 Å². The smallest absolute Gasteiger partial charge is 0.332 e. The highest BCUT2D eigenvalue weighted by Crippen LogP contribution is 2.34. The van der Waals surface area contributed by atoms with Crippen molar-refractivity contribution in [1.82, 2.24) is 16.1 Å². The maximum Gasteiger partial charge on any atom is 0.332 e. The van der Waals surface area contributed by atoms with Crippen LogP contribution in [0.5, 0.6) is 5.75 Å². The minimum Gasteiger partial charge on any atom is -0.505 e. The van der Waals surface area contributed by atoms with Crippen LogP contribution in [0.15, 0.2) is 41.5 Å². The normalized spacial score (nSPS) is 15.3. The largest absolute Gasteiger partial charge is 0.505 e. The summed E-state index contributed by atoms with van der Waals surface area (Å²) in [5.41, 5.74) is 7.45. The molecule has 2 atom stereocenters. The molecule has 1 aliphatic heterocycles. The fourth-order valence-electron chi connectivity index (χ4n) is 4.26. The van der Waals surface area contributed by atoms with Gasteiger partial charge in [0.2, 0.25) is 11.8 Å². The van der Waals surface area contributed by atoms with E-state index in [1.165, 1.54) is 11.8 Å². The Balaban J connectivity index is 1.96. The average Bonchev–Trinajstić information content (AvgIpc) is 3.05. The fraction of sp³-hybridized carbons (Fsp3) is 0.296. The zero-order valence-electron chi connectivity index (χ0n) is 23.1. The number of fused-ring (bicyclic) bond motifs is 1. The molecular weight excluding hydrogens is 605 g/mol. The molecule has 228 valence electrons. The van der Waals surface area contributed by atoms with Crippen molar-refractivity contribution in [3.63, 3.8) is 0 Å². The highest BCUT2D eigenvalue weighted by Gasteiger charge is 2.37. The molecule has 2 aromatic carbocycles. The number of halogens is 2. The summed E-state index contributed by atoms with van der Waals surface area (Å²) in [5, 5.41) is 18.2. The standard InChI is InChI=1S/C27H29Cl2N7O7/c1-3-23(39)35-12-19(33-25(41)15-9-17(28)24(40)18(29)10-15)26(42)36(21-7-5-4-6-20(21)35)13-22(38)32-16(8-14(2)37)11-31-34-27(30)43/h4-7,9-11,16,19,40H,3,8,12-13H2,1-2H3,(H,32,38)(H,33,41)(H3,30,34,43)/b31-11-/t16-,19-/m0/s1. The number of hydrogen-bond donors (Lipinski definition) is 5. The van der Waals surface area contributed by atoms with Gasteiger partial charge in [0.05, 0.1) is 34.0 Å². The number of primary amides is 1. The number of rotatable bonds is 10. The van der Waals surface area contributed by atoms with Gasteiger partial charge in [-0.1, -0.05) is 42.3 Å². The Hall–Kier alpha value is -4.69. The molecular formula is C27H29Cl2N7O7. The zero-order chi connectivity index (χ0) is 31.8. The number of amides is 6. The molecule has 43 heavy (non-hydrogen) atoms. The Morgan fingerprint density at radius 2 is 1.77 bits per heavy atom. The molecule has 0 aliphatic carbocycles. The van der Waals surface area contributed by atoms with Crippen LogP contribution in [0.3, 0.4) is 0 Å². The van der Waals surface area contributed by atoms with Crippen LogP contribution in [0.25, 0.3) is 0 Å². The predicted octanol–water partition coefficient (Wildman–Crippen LogP) is 1.71. The second kappa shape index (κ2) is 14.5. The van der Waals surface area contributed by atoms with E-state index >= 15 is 0 Å². The SMILES string of the molecule is CCC(=O)N1C[C@H](NC(=O)c2cc(Cl)c(O)c(Cl)c2)C(=O)N(CC(=O)N[C@H](/C=N\NC(N)=O)CC(C)=O)c2ccccc21. The van der Waals surface area contributed by atoms with Crippen molar-refractivity contribution in [3.05, 3.63) is 52.0 Å². The van der Waals surface area contributed by atoms with E-state index in [4.69, 9.17) is 28.9 Å². The summed E-state index contributed by atoms with van der Waals surface area (Å²) < 4.78 is 0. The van der Waals surface area contributed by atoms with Crippen LogP contribution in [0.4, 0.5) is 16.2 Å². The summed E-state index contributed by atoms with van der Waals surface area (Å²) in [4.78, 5) is 78.4. The highest BCUT2D eigenvalue weighted by atomic mass is 35.5. The number of benzene rings is 2. The Bertz CT molecular complexity index is 1460. The molecule has 14 nitrogen and oxygen atoms in total.